The second kappa shape index (κ2) is 8.23. The smallest absolute Gasteiger partial charge is 0.236 e. The lowest BCUT2D eigenvalue weighted by Gasteiger charge is -2.33. The van der Waals surface area contributed by atoms with Crippen molar-refractivity contribution >= 4 is 5.91 Å². The van der Waals surface area contributed by atoms with E-state index in [1.807, 2.05) is 30.3 Å². The molecule has 0 saturated carbocycles. The minimum Gasteiger partial charge on any atom is -0.387 e. The van der Waals surface area contributed by atoms with Crippen molar-refractivity contribution in [3.63, 3.8) is 0 Å². The number of hydrogen-bond acceptors (Lipinski definition) is 6. The zero-order chi connectivity index (χ0) is 17.7. The van der Waals surface area contributed by atoms with Gasteiger partial charge in [0, 0.05) is 45.1 Å². The van der Waals surface area contributed by atoms with Gasteiger partial charge in [0.05, 0.1) is 31.9 Å². The summed E-state index contributed by atoms with van der Waals surface area (Å²) in [5, 5.41) is 10.8. The number of carbonyl (C=O) groups is 1. The molecule has 138 valence electrons. The number of rotatable bonds is 6. The van der Waals surface area contributed by atoms with E-state index < -0.39 is 5.60 Å². The third kappa shape index (κ3) is 5.22. The number of likely N-dealkylation sites (tertiary alicyclic amines) is 1. The first kappa shape index (κ1) is 18.3. The molecule has 0 radical (unpaired) electrons. The van der Waals surface area contributed by atoms with Gasteiger partial charge in [0.25, 0.3) is 0 Å². The first-order valence-corrected chi connectivity index (χ1v) is 8.92. The summed E-state index contributed by atoms with van der Waals surface area (Å²) in [5.74, 6) is 0.0734. The fourth-order valence-corrected chi connectivity index (χ4v) is 3.56. The second-order valence-electron chi connectivity index (χ2n) is 7.21. The summed E-state index contributed by atoms with van der Waals surface area (Å²) < 4.78 is 5.35. The third-order valence-corrected chi connectivity index (χ3v) is 4.89. The Bertz CT molecular complexity index is 565. The highest BCUT2D eigenvalue weighted by Crippen LogP contribution is 2.23. The van der Waals surface area contributed by atoms with Gasteiger partial charge in [-0.2, -0.15) is 0 Å². The van der Waals surface area contributed by atoms with Crippen molar-refractivity contribution in [1.29, 1.82) is 0 Å². The molecule has 0 aliphatic carbocycles. The maximum absolute atomic E-state index is 12.5. The van der Waals surface area contributed by atoms with E-state index in [1.165, 1.54) is 0 Å². The number of aliphatic hydroxyl groups is 1. The van der Waals surface area contributed by atoms with Crippen molar-refractivity contribution in [2.75, 3.05) is 59.5 Å². The quantitative estimate of drug-likeness (QED) is 0.769. The molecular formula is C18H28N4O3. The second-order valence-corrected chi connectivity index (χ2v) is 7.21. The average molecular weight is 348 g/mol. The minimum absolute atomic E-state index is 0.0734. The lowest BCUT2D eigenvalue weighted by atomic mass is 10.0. The molecule has 0 bridgehead atoms. The van der Waals surface area contributed by atoms with Crippen molar-refractivity contribution in [3.8, 4) is 0 Å². The Balaban J connectivity index is 1.46. The summed E-state index contributed by atoms with van der Waals surface area (Å²) in [6, 6.07) is 3.90. The van der Waals surface area contributed by atoms with Crippen LogP contribution in [-0.2, 0) is 16.1 Å². The first-order valence-electron chi connectivity index (χ1n) is 8.92. The Morgan fingerprint density at radius 3 is 2.92 bits per heavy atom. The molecule has 1 atom stereocenters. The van der Waals surface area contributed by atoms with Crippen LogP contribution >= 0.6 is 0 Å². The van der Waals surface area contributed by atoms with E-state index in [0.29, 0.717) is 39.1 Å². The number of nitrogens with zero attached hydrogens (tertiary/aromatic N) is 4. The summed E-state index contributed by atoms with van der Waals surface area (Å²) in [7, 11) is 1.93. The molecule has 2 aliphatic rings. The summed E-state index contributed by atoms with van der Waals surface area (Å²) >= 11 is 0. The molecule has 1 aromatic rings. The number of ether oxygens (including phenoxy) is 1. The Morgan fingerprint density at radius 2 is 2.20 bits per heavy atom. The van der Waals surface area contributed by atoms with Crippen LogP contribution in [0.15, 0.2) is 24.5 Å². The van der Waals surface area contributed by atoms with Crippen LogP contribution in [0, 0.1) is 0 Å². The van der Waals surface area contributed by atoms with Gasteiger partial charge in [-0.25, -0.2) is 0 Å². The molecule has 2 fully saturated rings. The molecule has 0 spiro atoms. The van der Waals surface area contributed by atoms with Gasteiger partial charge in [0.1, 0.15) is 0 Å². The molecule has 7 heteroatoms. The van der Waals surface area contributed by atoms with E-state index in [-0.39, 0.29) is 5.91 Å². The molecule has 3 rings (SSSR count). The minimum atomic E-state index is -0.797. The topological polar surface area (TPSA) is 69.1 Å². The van der Waals surface area contributed by atoms with Gasteiger partial charge < -0.3 is 14.7 Å². The maximum atomic E-state index is 12.5. The number of likely N-dealkylation sites (N-methyl/N-ethyl adjacent to an activating group) is 1. The highest BCUT2D eigenvalue weighted by molar-refractivity contribution is 5.78. The molecule has 0 aromatic carbocycles. The summed E-state index contributed by atoms with van der Waals surface area (Å²) in [5.41, 5.74) is 0.289. The van der Waals surface area contributed by atoms with Crippen LogP contribution < -0.4 is 0 Å². The maximum Gasteiger partial charge on any atom is 0.236 e. The molecular weight excluding hydrogens is 320 g/mol. The molecule has 0 unspecified atom stereocenters. The van der Waals surface area contributed by atoms with E-state index in [2.05, 4.69) is 9.88 Å². The Morgan fingerprint density at radius 1 is 1.40 bits per heavy atom. The lowest BCUT2D eigenvalue weighted by molar-refractivity contribution is -0.132. The highest BCUT2D eigenvalue weighted by Gasteiger charge is 2.39. The molecule has 2 aliphatic heterocycles. The van der Waals surface area contributed by atoms with Crippen molar-refractivity contribution in [2.24, 2.45) is 0 Å². The molecule has 7 nitrogen and oxygen atoms in total. The monoisotopic (exact) mass is 348 g/mol. The Labute approximate surface area is 149 Å². The van der Waals surface area contributed by atoms with Gasteiger partial charge in [0.2, 0.25) is 5.91 Å². The molecule has 3 heterocycles. The molecule has 2 saturated heterocycles. The number of hydrogen-bond donors (Lipinski definition) is 1. The van der Waals surface area contributed by atoms with E-state index in [9.17, 15) is 9.90 Å². The van der Waals surface area contributed by atoms with Gasteiger partial charge in [-0.05, 0) is 25.1 Å². The van der Waals surface area contributed by atoms with Crippen LogP contribution in [-0.4, -0.2) is 95.8 Å². The van der Waals surface area contributed by atoms with E-state index in [1.54, 1.807) is 11.1 Å². The third-order valence-electron chi connectivity index (χ3n) is 4.89. The van der Waals surface area contributed by atoms with Crippen LogP contribution in [0.5, 0.6) is 0 Å². The lowest BCUT2D eigenvalue weighted by Crippen LogP contribution is -2.49. The number of amides is 1. The Kier molecular flexibility index (Phi) is 6.01. The standard InChI is InChI=1S/C18H28N4O3/c1-20(12-16-3-2-5-19-11-16)13-17(23)22-6-4-18(24,15-22)14-21-7-9-25-10-8-21/h2-3,5,11,24H,4,6-10,12-15H2,1H3/t18-/m0/s1. The number of carbonyl (C=O) groups excluding carboxylic acids is 1. The normalized spacial score (nSPS) is 24.8. The van der Waals surface area contributed by atoms with Gasteiger partial charge in [0.15, 0.2) is 0 Å². The van der Waals surface area contributed by atoms with Gasteiger partial charge in [-0.3, -0.25) is 19.6 Å². The van der Waals surface area contributed by atoms with Crippen LogP contribution in [0.3, 0.4) is 0 Å². The van der Waals surface area contributed by atoms with Gasteiger partial charge in [-0.1, -0.05) is 6.07 Å². The van der Waals surface area contributed by atoms with Gasteiger partial charge in [-0.15, -0.1) is 0 Å². The van der Waals surface area contributed by atoms with E-state index in [0.717, 1.165) is 31.9 Å². The summed E-state index contributed by atoms with van der Waals surface area (Å²) in [6.45, 7) is 5.84. The number of aromatic nitrogens is 1. The predicted octanol–water partition coefficient (Wildman–Crippen LogP) is -0.191. The number of β-amino-alcohol motifs (C(OH)–C–C–N with tert-alkyl or cyclic N) is 1. The van der Waals surface area contributed by atoms with Gasteiger partial charge >= 0.3 is 0 Å². The largest absolute Gasteiger partial charge is 0.387 e. The Hall–Kier alpha value is -1.54. The molecule has 1 N–H and O–H groups in total. The molecule has 25 heavy (non-hydrogen) atoms. The van der Waals surface area contributed by atoms with E-state index in [4.69, 9.17) is 4.74 Å². The fraction of sp³-hybridized carbons (Fsp3) is 0.667. The molecule has 1 amide bonds. The summed E-state index contributed by atoms with van der Waals surface area (Å²) in [6.07, 6.45) is 4.20. The number of pyridine rings is 1. The van der Waals surface area contributed by atoms with Crippen molar-refractivity contribution < 1.29 is 14.6 Å². The number of morpholine rings is 1. The fourth-order valence-electron chi connectivity index (χ4n) is 3.56. The van der Waals surface area contributed by atoms with E-state index >= 15 is 0 Å². The van der Waals surface area contributed by atoms with Crippen LogP contribution in [0.2, 0.25) is 0 Å². The highest BCUT2D eigenvalue weighted by atomic mass is 16.5. The first-order chi connectivity index (χ1) is 12.0. The predicted molar refractivity (Wildman–Crippen MR) is 94.0 cm³/mol. The summed E-state index contributed by atoms with van der Waals surface area (Å²) in [4.78, 5) is 22.7. The van der Waals surface area contributed by atoms with Crippen molar-refractivity contribution in [1.82, 2.24) is 19.7 Å². The SMILES string of the molecule is CN(CC(=O)N1CC[C@](O)(CN2CCOCC2)C1)Cc1cccnc1. The molecule has 1 aromatic heterocycles. The van der Waals surface area contributed by atoms with Crippen LogP contribution in [0.25, 0.3) is 0 Å². The zero-order valence-electron chi connectivity index (χ0n) is 14.9. The van der Waals surface area contributed by atoms with Crippen molar-refractivity contribution in [2.45, 2.75) is 18.6 Å². The average Bonchev–Trinajstić information content (AvgIpc) is 2.98. The van der Waals surface area contributed by atoms with Crippen LogP contribution in [0.4, 0.5) is 0 Å². The van der Waals surface area contributed by atoms with Crippen molar-refractivity contribution in [3.05, 3.63) is 30.1 Å². The van der Waals surface area contributed by atoms with Crippen LogP contribution in [0.1, 0.15) is 12.0 Å². The zero-order valence-corrected chi connectivity index (χ0v) is 14.9.